The highest BCUT2D eigenvalue weighted by molar-refractivity contribution is 5.48. The van der Waals surface area contributed by atoms with Gasteiger partial charge in [-0.2, -0.15) is 18.3 Å². The molecule has 0 aliphatic carbocycles. The molecular weight excluding hydrogens is 255 g/mol. The maximum absolute atomic E-state index is 12.5. The van der Waals surface area contributed by atoms with Gasteiger partial charge in [-0.3, -0.25) is 0 Å². The van der Waals surface area contributed by atoms with E-state index in [2.05, 4.69) is 5.10 Å². The van der Waals surface area contributed by atoms with Gasteiger partial charge in [0, 0.05) is 0 Å². The minimum atomic E-state index is -4.33. The van der Waals surface area contributed by atoms with E-state index in [0.717, 1.165) is 17.8 Å². The van der Waals surface area contributed by atoms with Gasteiger partial charge in [0.25, 0.3) is 0 Å². The molecule has 1 heterocycles. The van der Waals surface area contributed by atoms with Crippen LogP contribution in [0.3, 0.4) is 0 Å². The molecule has 0 saturated carbocycles. The van der Waals surface area contributed by atoms with E-state index in [1.54, 1.807) is 4.68 Å². The maximum atomic E-state index is 12.5. The van der Waals surface area contributed by atoms with Gasteiger partial charge in [-0.1, -0.05) is 13.8 Å². The first-order valence-corrected chi connectivity index (χ1v) is 5.81. The zero-order valence-electron chi connectivity index (χ0n) is 10.6. The quantitative estimate of drug-likeness (QED) is 0.905. The SMILES string of the molecule is CC(C)c1c(N)cnn1-c1ccc(C(F)(F)F)cc1. The van der Waals surface area contributed by atoms with E-state index in [-0.39, 0.29) is 5.92 Å². The summed E-state index contributed by atoms with van der Waals surface area (Å²) in [6.45, 7) is 3.90. The number of halogens is 3. The molecule has 0 aliphatic rings. The van der Waals surface area contributed by atoms with Crippen LogP contribution in [0.1, 0.15) is 31.0 Å². The van der Waals surface area contributed by atoms with Crippen LogP contribution in [0.5, 0.6) is 0 Å². The molecule has 2 aromatic rings. The van der Waals surface area contributed by atoms with Crippen LogP contribution < -0.4 is 5.73 Å². The second-order valence-corrected chi connectivity index (χ2v) is 4.60. The fraction of sp³-hybridized carbons (Fsp3) is 0.308. The fourth-order valence-corrected chi connectivity index (χ4v) is 1.95. The van der Waals surface area contributed by atoms with Crippen LogP contribution in [0.4, 0.5) is 18.9 Å². The average Bonchev–Trinajstić information content (AvgIpc) is 2.70. The first kappa shape index (κ1) is 13.5. The number of anilines is 1. The third-order valence-electron chi connectivity index (χ3n) is 2.82. The van der Waals surface area contributed by atoms with Crippen molar-refractivity contribution in [2.75, 3.05) is 5.73 Å². The Hall–Kier alpha value is -1.98. The molecule has 0 amide bonds. The van der Waals surface area contributed by atoms with Crippen LogP contribution in [0, 0.1) is 0 Å². The highest BCUT2D eigenvalue weighted by Gasteiger charge is 2.30. The van der Waals surface area contributed by atoms with E-state index < -0.39 is 11.7 Å². The van der Waals surface area contributed by atoms with E-state index in [0.29, 0.717) is 11.4 Å². The van der Waals surface area contributed by atoms with Gasteiger partial charge < -0.3 is 5.73 Å². The lowest BCUT2D eigenvalue weighted by Crippen LogP contribution is -2.08. The van der Waals surface area contributed by atoms with Crippen molar-refractivity contribution in [1.82, 2.24) is 9.78 Å². The zero-order chi connectivity index (χ0) is 14.2. The third-order valence-corrected chi connectivity index (χ3v) is 2.82. The van der Waals surface area contributed by atoms with E-state index >= 15 is 0 Å². The fourth-order valence-electron chi connectivity index (χ4n) is 1.95. The summed E-state index contributed by atoms with van der Waals surface area (Å²) in [6.07, 6.45) is -2.82. The molecule has 19 heavy (non-hydrogen) atoms. The summed E-state index contributed by atoms with van der Waals surface area (Å²) in [5.74, 6) is 0.129. The molecule has 6 heteroatoms. The van der Waals surface area contributed by atoms with E-state index in [9.17, 15) is 13.2 Å². The number of hydrogen-bond donors (Lipinski definition) is 1. The molecule has 0 fully saturated rings. The van der Waals surface area contributed by atoms with Crippen LogP contribution in [0.2, 0.25) is 0 Å². The van der Waals surface area contributed by atoms with Gasteiger partial charge in [0.05, 0.1) is 28.8 Å². The molecule has 0 radical (unpaired) electrons. The first-order chi connectivity index (χ1) is 8.80. The van der Waals surface area contributed by atoms with Crippen molar-refractivity contribution >= 4 is 5.69 Å². The van der Waals surface area contributed by atoms with Crippen LogP contribution in [0.15, 0.2) is 30.5 Å². The minimum absolute atomic E-state index is 0.129. The molecule has 102 valence electrons. The smallest absolute Gasteiger partial charge is 0.396 e. The predicted octanol–water partition coefficient (Wildman–Crippen LogP) is 3.60. The van der Waals surface area contributed by atoms with Crippen molar-refractivity contribution in [2.45, 2.75) is 25.9 Å². The summed E-state index contributed by atoms with van der Waals surface area (Å²) < 4.78 is 39.0. The molecular formula is C13H14F3N3. The highest BCUT2D eigenvalue weighted by atomic mass is 19.4. The molecule has 0 saturated heterocycles. The molecule has 0 spiro atoms. The number of aromatic nitrogens is 2. The standard InChI is InChI=1S/C13H14F3N3/c1-8(2)12-11(17)7-18-19(12)10-5-3-9(4-6-10)13(14,15)16/h3-8H,17H2,1-2H3. The summed E-state index contributed by atoms with van der Waals surface area (Å²) in [4.78, 5) is 0. The number of benzene rings is 1. The van der Waals surface area contributed by atoms with Gasteiger partial charge in [-0.15, -0.1) is 0 Å². The number of hydrogen-bond acceptors (Lipinski definition) is 2. The Morgan fingerprint density at radius 1 is 1.16 bits per heavy atom. The summed E-state index contributed by atoms with van der Waals surface area (Å²) >= 11 is 0. The van der Waals surface area contributed by atoms with Crippen LogP contribution >= 0.6 is 0 Å². The number of nitrogen functional groups attached to an aromatic ring is 1. The Balaban J connectivity index is 2.44. The Labute approximate surface area is 108 Å². The Morgan fingerprint density at radius 2 is 1.74 bits per heavy atom. The van der Waals surface area contributed by atoms with Gasteiger partial charge in [-0.05, 0) is 30.2 Å². The highest BCUT2D eigenvalue weighted by Crippen LogP contribution is 2.30. The average molecular weight is 269 g/mol. The molecule has 0 aliphatic heterocycles. The summed E-state index contributed by atoms with van der Waals surface area (Å²) in [6, 6.07) is 4.86. The predicted molar refractivity (Wildman–Crippen MR) is 67.1 cm³/mol. The lowest BCUT2D eigenvalue weighted by atomic mass is 10.1. The number of nitrogens with zero attached hydrogens (tertiary/aromatic N) is 2. The largest absolute Gasteiger partial charge is 0.416 e. The van der Waals surface area contributed by atoms with E-state index in [1.807, 2.05) is 13.8 Å². The van der Waals surface area contributed by atoms with Crippen molar-refractivity contribution < 1.29 is 13.2 Å². The molecule has 2 rings (SSSR count). The Morgan fingerprint density at radius 3 is 2.21 bits per heavy atom. The molecule has 0 unspecified atom stereocenters. The number of alkyl halides is 3. The van der Waals surface area contributed by atoms with Crippen LogP contribution in [-0.2, 0) is 6.18 Å². The Kier molecular flexibility index (Phi) is 3.26. The van der Waals surface area contributed by atoms with E-state index in [4.69, 9.17) is 5.73 Å². The van der Waals surface area contributed by atoms with Gasteiger partial charge in [0.15, 0.2) is 0 Å². The first-order valence-electron chi connectivity index (χ1n) is 5.81. The van der Waals surface area contributed by atoms with Gasteiger partial charge >= 0.3 is 6.18 Å². The molecule has 0 bridgehead atoms. The maximum Gasteiger partial charge on any atom is 0.416 e. The van der Waals surface area contributed by atoms with Crippen molar-refractivity contribution in [2.24, 2.45) is 0 Å². The number of rotatable bonds is 2. The second kappa shape index (κ2) is 4.60. The van der Waals surface area contributed by atoms with Crippen molar-refractivity contribution in [3.8, 4) is 5.69 Å². The summed E-state index contributed by atoms with van der Waals surface area (Å²) in [7, 11) is 0. The topological polar surface area (TPSA) is 43.8 Å². The van der Waals surface area contributed by atoms with Crippen LogP contribution in [0.25, 0.3) is 5.69 Å². The van der Waals surface area contributed by atoms with Crippen LogP contribution in [-0.4, -0.2) is 9.78 Å². The molecule has 1 aromatic heterocycles. The van der Waals surface area contributed by atoms with Gasteiger partial charge in [0.1, 0.15) is 0 Å². The Bertz CT molecular complexity index is 568. The minimum Gasteiger partial charge on any atom is -0.396 e. The molecule has 0 atom stereocenters. The van der Waals surface area contributed by atoms with Gasteiger partial charge in [-0.25, -0.2) is 4.68 Å². The normalized spacial score (nSPS) is 12.1. The van der Waals surface area contributed by atoms with E-state index in [1.165, 1.54) is 18.3 Å². The van der Waals surface area contributed by atoms with Crippen molar-refractivity contribution in [3.05, 3.63) is 41.7 Å². The lowest BCUT2D eigenvalue weighted by Gasteiger charge is -2.12. The second-order valence-electron chi connectivity index (χ2n) is 4.60. The molecule has 2 N–H and O–H groups in total. The molecule has 1 aromatic carbocycles. The zero-order valence-corrected chi connectivity index (χ0v) is 10.6. The monoisotopic (exact) mass is 269 g/mol. The third kappa shape index (κ3) is 2.57. The van der Waals surface area contributed by atoms with Crippen molar-refractivity contribution in [1.29, 1.82) is 0 Å². The van der Waals surface area contributed by atoms with Gasteiger partial charge in [0.2, 0.25) is 0 Å². The summed E-state index contributed by atoms with van der Waals surface area (Å²) in [5, 5.41) is 4.11. The van der Waals surface area contributed by atoms with Crippen molar-refractivity contribution in [3.63, 3.8) is 0 Å². The summed E-state index contributed by atoms with van der Waals surface area (Å²) in [5.41, 5.74) is 7.03. The number of nitrogens with two attached hydrogens (primary N) is 1. The lowest BCUT2D eigenvalue weighted by molar-refractivity contribution is -0.137. The molecule has 3 nitrogen and oxygen atoms in total.